The normalized spacial score (nSPS) is 10.9. The smallest absolute Gasteiger partial charge is 0.230 e. The van der Waals surface area contributed by atoms with Gasteiger partial charge in [-0.2, -0.15) is 0 Å². The number of hydrogen-bond donors (Lipinski definition) is 1. The lowest BCUT2D eigenvalue weighted by Gasteiger charge is -2.11. The minimum Gasteiger partial charge on any atom is -0.385 e. The molecule has 1 heterocycles. The maximum atomic E-state index is 12.1. The molecule has 1 N–H and O–H groups in total. The highest BCUT2D eigenvalue weighted by atomic mass is 35.5. The first-order chi connectivity index (χ1) is 14.1. The van der Waals surface area contributed by atoms with E-state index in [2.05, 4.69) is 15.5 Å². The summed E-state index contributed by atoms with van der Waals surface area (Å²) in [5.74, 6) is 0.743. The molecule has 152 valence electrons. The molecule has 0 aliphatic heterocycles. The highest BCUT2D eigenvalue weighted by Crippen LogP contribution is 2.33. The van der Waals surface area contributed by atoms with Gasteiger partial charge < -0.3 is 10.1 Å². The molecule has 29 heavy (non-hydrogen) atoms. The second-order valence-corrected chi connectivity index (χ2v) is 7.87. The number of para-hydroxylation sites is 1. The lowest BCUT2D eigenvalue weighted by molar-refractivity contribution is -0.118. The van der Waals surface area contributed by atoms with Crippen LogP contribution in [0.4, 0.5) is 0 Å². The second-order valence-electron chi connectivity index (χ2n) is 6.09. The van der Waals surface area contributed by atoms with Crippen LogP contribution in [0.2, 0.25) is 10.0 Å². The zero-order chi connectivity index (χ0) is 20.6. The van der Waals surface area contributed by atoms with E-state index in [9.17, 15) is 4.79 Å². The third-order valence-corrected chi connectivity index (χ3v) is 5.48. The molecule has 0 saturated carbocycles. The fraction of sp³-hybridized carbons (Fsp3) is 0.250. The number of thioether (sulfide) groups is 1. The number of amides is 1. The van der Waals surface area contributed by atoms with Crippen LogP contribution in [0.5, 0.6) is 0 Å². The Hall–Kier alpha value is -2.06. The predicted molar refractivity (Wildman–Crippen MR) is 117 cm³/mol. The summed E-state index contributed by atoms with van der Waals surface area (Å²) in [6.45, 7) is 1.19. The topological polar surface area (TPSA) is 69.0 Å². The van der Waals surface area contributed by atoms with E-state index in [-0.39, 0.29) is 11.7 Å². The Labute approximate surface area is 183 Å². The average molecular weight is 451 g/mol. The molecule has 0 fully saturated rings. The van der Waals surface area contributed by atoms with Gasteiger partial charge in [-0.05, 0) is 36.8 Å². The Morgan fingerprint density at radius 1 is 1.17 bits per heavy atom. The molecular formula is C20H20Cl2N4O2S. The molecule has 0 aliphatic rings. The molecule has 0 radical (unpaired) electrons. The summed E-state index contributed by atoms with van der Waals surface area (Å²) in [5, 5.41) is 13.1. The van der Waals surface area contributed by atoms with Crippen LogP contribution in [0.1, 0.15) is 6.42 Å². The molecule has 6 nitrogen and oxygen atoms in total. The second kappa shape index (κ2) is 10.6. The van der Waals surface area contributed by atoms with Crippen molar-refractivity contribution in [3.8, 4) is 17.1 Å². The van der Waals surface area contributed by atoms with Crippen molar-refractivity contribution < 1.29 is 9.53 Å². The van der Waals surface area contributed by atoms with Crippen molar-refractivity contribution in [1.82, 2.24) is 20.1 Å². The molecular weight excluding hydrogens is 431 g/mol. The Bertz CT molecular complexity index is 966. The van der Waals surface area contributed by atoms with Gasteiger partial charge in [0.2, 0.25) is 5.91 Å². The van der Waals surface area contributed by atoms with Gasteiger partial charge in [0.05, 0.1) is 10.8 Å². The summed E-state index contributed by atoms with van der Waals surface area (Å²) in [7, 11) is 1.64. The molecule has 1 amide bonds. The van der Waals surface area contributed by atoms with Gasteiger partial charge in [-0.1, -0.05) is 53.2 Å². The minimum atomic E-state index is -0.0696. The van der Waals surface area contributed by atoms with Crippen molar-refractivity contribution in [2.24, 2.45) is 0 Å². The standard InChI is InChI=1S/C20H20Cl2N4O2S/c1-28-11-5-10-23-18(27)13-29-20-25-24-19(16-9-8-14(21)12-17(16)22)26(20)15-6-3-2-4-7-15/h2-4,6-9,12H,5,10-11,13H2,1H3,(H,23,27). The van der Waals surface area contributed by atoms with Crippen molar-refractivity contribution in [3.05, 3.63) is 58.6 Å². The monoisotopic (exact) mass is 450 g/mol. The highest BCUT2D eigenvalue weighted by Gasteiger charge is 2.19. The summed E-state index contributed by atoms with van der Waals surface area (Å²) in [6, 6.07) is 14.9. The number of aromatic nitrogens is 3. The summed E-state index contributed by atoms with van der Waals surface area (Å²) >= 11 is 13.7. The molecule has 0 atom stereocenters. The maximum Gasteiger partial charge on any atom is 0.230 e. The number of ether oxygens (including phenoxy) is 1. The molecule has 0 unspecified atom stereocenters. The zero-order valence-corrected chi connectivity index (χ0v) is 18.1. The van der Waals surface area contributed by atoms with Crippen molar-refractivity contribution in [1.29, 1.82) is 0 Å². The van der Waals surface area contributed by atoms with Crippen LogP contribution < -0.4 is 5.32 Å². The molecule has 0 aliphatic carbocycles. The number of carbonyl (C=O) groups is 1. The molecule has 3 aromatic rings. The lowest BCUT2D eigenvalue weighted by Crippen LogP contribution is -2.26. The number of nitrogens with one attached hydrogen (secondary N) is 1. The minimum absolute atomic E-state index is 0.0696. The maximum absolute atomic E-state index is 12.1. The number of hydrogen-bond acceptors (Lipinski definition) is 5. The van der Waals surface area contributed by atoms with Crippen molar-refractivity contribution in [2.75, 3.05) is 26.0 Å². The molecule has 3 rings (SSSR count). The first-order valence-electron chi connectivity index (χ1n) is 8.95. The third kappa shape index (κ3) is 5.73. The number of halogens is 2. The van der Waals surface area contributed by atoms with Gasteiger partial charge in [0.25, 0.3) is 0 Å². The third-order valence-electron chi connectivity index (χ3n) is 4.00. The van der Waals surface area contributed by atoms with Crippen LogP contribution in [-0.4, -0.2) is 46.7 Å². The van der Waals surface area contributed by atoms with Gasteiger partial charge in [-0.15, -0.1) is 10.2 Å². The van der Waals surface area contributed by atoms with Crippen LogP contribution in [0.3, 0.4) is 0 Å². The fourth-order valence-electron chi connectivity index (χ4n) is 2.64. The lowest BCUT2D eigenvalue weighted by atomic mass is 10.2. The van der Waals surface area contributed by atoms with Gasteiger partial charge >= 0.3 is 0 Å². The summed E-state index contributed by atoms with van der Waals surface area (Å²) in [4.78, 5) is 12.1. The van der Waals surface area contributed by atoms with Crippen LogP contribution in [0.25, 0.3) is 17.1 Å². The summed E-state index contributed by atoms with van der Waals surface area (Å²) in [6.07, 6.45) is 0.770. The Morgan fingerprint density at radius 3 is 2.69 bits per heavy atom. The van der Waals surface area contributed by atoms with E-state index in [1.165, 1.54) is 11.8 Å². The van der Waals surface area contributed by atoms with Crippen LogP contribution in [-0.2, 0) is 9.53 Å². The molecule has 9 heteroatoms. The first kappa shape index (κ1) is 21.6. The Balaban J connectivity index is 1.84. The summed E-state index contributed by atoms with van der Waals surface area (Å²) < 4.78 is 6.87. The largest absolute Gasteiger partial charge is 0.385 e. The molecule has 0 saturated heterocycles. The zero-order valence-electron chi connectivity index (χ0n) is 15.8. The Morgan fingerprint density at radius 2 is 1.97 bits per heavy atom. The van der Waals surface area contributed by atoms with Crippen LogP contribution in [0.15, 0.2) is 53.7 Å². The summed E-state index contributed by atoms with van der Waals surface area (Å²) in [5.41, 5.74) is 1.59. The van der Waals surface area contributed by atoms with E-state index < -0.39 is 0 Å². The molecule has 0 spiro atoms. The number of benzene rings is 2. The quantitative estimate of drug-likeness (QED) is 0.384. The van der Waals surface area contributed by atoms with E-state index in [4.69, 9.17) is 27.9 Å². The van der Waals surface area contributed by atoms with Gasteiger partial charge in [0.1, 0.15) is 0 Å². The average Bonchev–Trinajstić information content (AvgIpc) is 3.14. The van der Waals surface area contributed by atoms with E-state index >= 15 is 0 Å². The fourth-order valence-corrected chi connectivity index (χ4v) is 3.92. The number of rotatable bonds is 9. The van der Waals surface area contributed by atoms with Crippen molar-refractivity contribution in [3.63, 3.8) is 0 Å². The first-order valence-corrected chi connectivity index (χ1v) is 10.7. The van der Waals surface area contributed by atoms with Crippen molar-refractivity contribution in [2.45, 2.75) is 11.6 Å². The molecule has 0 bridgehead atoms. The SMILES string of the molecule is COCCCNC(=O)CSc1nnc(-c2ccc(Cl)cc2Cl)n1-c1ccccc1. The van der Waals surface area contributed by atoms with Gasteiger partial charge in [-0.25, -0.2) is 0 Å². The number of methoxy groups -OCH3 is 1. The van der Waals surface area contributed by atoms with E-state index in [1.54, 1.807) is 19.2 Å². The molecule has 1 aromatic heterocycles. The Kier molecular flexibility index (Phi) is 7.94. The molecule has 2 aromatic carbocycles. The van der Waals surface area contributed by atoms with Crippen LogP contribution in [0, 0.1) is 0 Å². The van der Waals surface area contributed by atoms with E-state index in [0.29, 0.717) is 39.7 Å². The highest BCUT2D eigenvalue weighted by molar-refractivity contribution is 7.99. The predicted octanol–water partition coefficient (Wildman–Crippen LogP) is 4.49. The number of carbonyl (C=O) groups excluding carboxylic acids is 1. The van der Waals surface area contributed by atoms with Crippen LogP contribution >= 0.6 is 35.0 Å². The van der Waals surface area contributed by atoms with E-state index in [1.807, 2.05) is 41.0 Å². The number of nitrogens with zero attached hydrogens (tertiary/aromatic N) is 3. The van der Waals surface area contributed by atoms with Crippen molar-refractivity contribution >= 4 is 40.9 Å². The van der Waals surface area contributed by atoms with Gasteiger partial charge in [-0.3, -0.25) is 9.36 Å². The van der Waals surface area contributed by atoms with Gasteiger partial charge in [0, 0.05) is 36.5 Å². The van der Waals surface area contributed by atoms with E-state index in [0.717, 1.165) is 12.1 Å². The van der Waals surface area contributed by atoms with Gasteiger partial charge in [0.15, 0.2) is 11.0 Å².